The van der Waals surface area contributed by atoms with E-state index < -0.39 is 0 Å². The Morgan fingerprint density at radius 2 is 2.00 bits per heavy atom. The SMILES string of the molecule is CCCOC(CNC(C)C)c1ccccc1Br. The molecule has 1 rings (SSSR count). The molecule has 0 saturated heterocycles. The van der Waals surface area contributed by atoms with Crippen molar-refractivity contribution in [2.75, 3.05) is 13.2 Å². The molecule has 1 aromatic rings. The number of benzene rings is 1. The lowest BCUT2D eigenvalue weighted by atomic mass is 10.1. The van der Waals surface area contributed by atoms with E-state index in [0.717, 1.165) is 24.0 Å². The van der Waals surface area contributed by atoms with Gasteiger partial charge in [0.05, 0.1) is 6.10 Å². The fourth-order valence-electron chi connectivity index (χ4n) is 1.60. The van der Waals surface area contributed by atoms with Crippen molar-refractivity contribution in [3.05, 3.63) is 34.3 Å². The van der Waals surface area contributed by atoms with Crippen LogP contribution in [-0.4, -0.2) is 19.2 Å². The van der Waals surface area contributed by atoms with E-state index in [4.69, 9.17) is 4.74 Å². The van der Waals surface area contributed by atoms with E-state index in [1.807, 2.05) is 6.07 Å². The quantitative estimate of drug-likeness (QED) is 0.824. The minimum Gasteiger partial charge on any atom is -0.372 e. The van der Waals surface area contributed by atoms with Crippen molar-refractivity contribution < 1.29 is 4.74 Å². The molecule has 2 nitrogen and oxygen atoms in total. The second-order valence-electron chi connectivity index (χ2n) is 4.44. The first-order chi connectivity index (χ1) is 8.15. The van der Waals surface area contributed by atoms with Crippen LogP contribution in [0, 0.1) is 0 Å². The van der Waals surface area contributed by atoms with Gasteiger partial charge in [-0.05, 0) is 18.1 Å². The van der Waals surface area contributed by atoms with E-state index >= 15 is 0 Å². The first kappa shape index (κ1) is 14.7. The van der Waals surface area contributed by atoms with Crippen LogP contribution >= 0.6 is 15.9 Å². The first-order valence-electron chi connectivity index (χ1n) is 6.24. The summed E-state index contributed by atoms with van der Waals surface area (Å²) in [6, 6.07) is 8.74. The summed E-state index contributed by atoms with van der Waals surface area (Å²) in [5, 5.41) is 3.43. The number of ether oxygens (including phenoxy) is 1. The van der Waals surface area contributed by atoms with Crippen molar-refractivity contribution in [1.82, 2.24) is 5.32 Å². The fourth-order valence-corrected chi connectivity index (χ4v) is 2.14. The van der Waals surface area contributed by atoms with Crippen LogP contribution in [0.25, 0.3) is 0 Å². The summed E-state index contributed by atoms with van der Waals surface area (Å²) in [6.07, 6.45) is 1.16. The Kier molecular flexibility index (Phi) is 6.78. The Bertz CT molecular complexity index is 328. The van der Waals surface area contributed by atoms with Gasteiger partial charge in [0.1, 0.15) is 0 Å². The molecule has 1 aromatic carbocycles. The highest BCUT2D eigenvalue weighted by Gasteiger charge is 2.14. The smallest absolute Gasteiger partial charge is 0.0960 e. The molecule has 0 heterocycles. The second-order valence-corrected chi connectivity index (χ2v) is 5.30. The number of rotatable bonds is 7. The molecule has 1 atom stereocenters. The zero-order valence-electron chi connectivity index (χ0n) is 10.9. The van der Waals surface area contributed by atoms with E-state index in [1.165, 1.54) is 5.56 Å². The normalized spacial score (nSPS) is 13.0. The average Bonchev–Trinajstić information content (AvgIpc) is 2.30. The molecule has 0 saturated carbocycles. The van der Waals surface area contributed by atoms with Gasteiger partial charge in [-0.3, -0.25) is 0 Å². The van der Waals surface area contributed by atoms with Gasteiger partial charge in [-0.2, -0.15) is 0 Å². The molecule has 3 heteroatoms. The molecule has 17 heavy (non-hydrogen) atoms. The van der Waals surface area contributed by atoms with Crippen molar-refractivity contribution >= 4 is 15.9 Å². The van der Waals surface area contributed by atoms with Gasteiger partial charge >= 0.3 is 0 Å². The summed E-state index contributed by atoms with van der Waals surface area (Å²) in [4.78, 5) is 0. The van der Waals surface area contributed by atoms with Gasteiger partial charge in [-0.25, -0.2) is 0 Å². The van der Waals surface area contributed by atoms with Crippen LogP contribution in [0.5, 0.6) is 0 Å². The summed E-state index contributed by atoms with van der Waals surface area (Å²) in [5.74, 6) is 0. The molecular weight excluding hydrogens is 278 g/mol. The topological polar surface area (TPSA) is 21.3 Å². The van der Waals surface area contributed by atoms with Crippen molar-refractivity contribution in [3.8, 4) is 0 Å². The van der Waals surface area contributed by atoms with Crippen LogP contribution in [0.15, 0.2) is 28.7 Å². The van der Waals surface area contributed by atoms with Gasteiger partial charge in [0, 0.05) is 23.7 Å². The highest BCUT2D eigenvalue weighted by Crippen LogP contribution is 2.25. The van der Waals surface area contributed by atoms with E-state index in [-0.39, 0.29) is 6.10 Å². The predicted octanol–water partition coefficient (Wildman–Crippen LogP) is 3.91. The van der Waals surface area contributed by atoms with E-state index in [2.05, 4.69) is 60.2 Å². The Morgan fingerprint density at radius 1 is 1.29 bits per heavy atom. The molecule has 96 valence electrons. The molecule has 0 spiro atoms. The summed E-state index contributed by atoms with van der Waals surface area (Å²) >= 11 is 3.59. The average molecular weight is 300 g/mol. The minimum atomic E-state index is 0.118. The molecule has 0 bridgehead atoms. The summed E-state index contributed by atoms with van der Waals surface area (Å²) in [7, 11) is 0. The van der Waals surface area contributed by atoms with Gasteiger partial charge < -0.3 is 10.1 Å². The fraction of sp³-hybridized carbons (Fsp3) is 0.571. The molecule has 0 aliphatic rings. The third-order valence-corrected chi connectivity index (χ3v) is 3.21. The van der Waals surface area contributed by atoms with E-state index in [9.17, 15) is 0 Å². The van der Waals surface area contributed by atoms with Crippen molar-refractivity contribution in [2.45, 2.75) is 39.3 Å². The van der Waals surface area contributed by atoms with E-state index in [0.29, 0.717) is 6.04 Å². The molecule has 0 aliphatic carbocycles. The lowest BCUT2D eigenvalue weighted by Crippen LogP contribution is -2.29. The Labute approximate surface area is 113 Å². The molecule has 0 amide bonds. The van der Waals surface area contributed by atoms with Crippen molar-refractivity contribution in [1.29, 1.82) is 0 Å². The van der Waals surface area contributed by atoms with Gasteiger partial charge in [0.25, 0.3) is 0 Å². The van der Waals surface area contributed by atoms with Gasteiger partial charge in [0.15, 0.2) is 0 Å². The largest absolute Gasteiger partial charge is 0.372 e. The number of halogens is 1. The summed E-state index contributed by atoms with van der Waals surface area (Å²) < 4.78 is 7.03. The highest BCUT2D eigenvalue weighted by molar-refractivity contribution is 9.10. The molecule has 1 N–H and O–H groups in total. The van der Waals surface area contributed by atoms with E-state index in [1.54, 1.807) is 0 Å². The lowest BCUT2D eigenvalue weighted by molar-refractivity contribution is 0.0512. The molecule has 1 unspecified atom stereocenters. The zero-order chi connectivity index (χ0) is 12.7. The molecule has 0 fully saturated rings. The molecule has 0 radical (unpaired) electrons. The Balaban J connectivity index is 2.71. The first-order valence-corrected chi connectivity index (χ1v) is 7.03. The van der Waals surface area contributed by atoms with Gasteiger partial charge in [-0.1, -0.05) is 54.9 Å². The third-order valence-electron chi connectivity index (χ3n) is 2.49. The summed E-state index contributed by atoms with van der Waals surface area (Å²) in [5.41, 5.74) is 1.22. The van der Waals surface area contributed by atoms with Crippen LogP contribution in [0.2, 0.25) is 0 Å². The Hall–Kier alpha value is -0.380. The summed E-state index contributed by atoms with van der Waals surface area (Å²) in [6.45, 7) is 8.08. The Morgan fingerprint density at radius 3 is 2.59 bits per heavy atom. The molecule has 0 aliphatic heterocycles. The third kappa shape index (κ3) is 5.19. The van der Waals surface area contributed by atoms with Crippen LogP contribution in [0.3, 0.4) is 0 Å². The van der Waals surface area contributed by atoms with Crippen molar-refractivity contribution in [3.63, 3.8) is 0 Å². The van der Waals surface area contributed by atoms with Crippen LogP contribution < -0.4 is 5.32 Å². The highest BCUT2D eigenvalue weighted by atomic mass is 79.9. The number of nitrogens with one attached hydrogen (secondary N) is 1. The van der Waals surface area contributed by atoms with Gasteiger partial charge in [-0.15, -0.1) is 0 Å². The predicted molar refractivity (Wildman–Crippen MR) is 76.3 cm³/mol. The second kappa shape index (κ2) is 7.85. The molecule has 0 aromatic heterocycles. The maximum absolute atomic E-state index is 5.92. The monoisotopic (exact) mass is 299 g/mol. The van der Waals surface area contributed by atoms with Crippen LogP contribution in [0.4, 0.5) is 0 Å². The standard InChI is InChI=1S/C14H22BrNO/c1-4-9-17-14(10-16-11(2)3)12-7-5-6-8-13(12)15/h5-8,11,14,16H,4,9-10H2,1-3H3. The number of hydrogen-bond donors (Lipinski definition) is 1. The van der Waals surface area contributed by atoms with Crippen LogP contribution in [-0.2, 0) is 4.74 Å². The minimum absolute atomic E-state index is 0.118. The molecular formula is C14H22BrNO. The lowest BCUT2D eigenvalue weighted by Gasteiger charge is -2.21. The van der Waals surface area contributed by atoms with Crippen molar-refractivity contribution in [2.24, 2.45) is 0 Å². The zero-order valence-corrected chi connectivity index (χ0v) is 12.5. The maximum Gasteiger partial charge on any atom is 0.0960 e. The van der Waals surface area contributed by atoms with Gasteiger partial charge in [0.2, 0.25) is 0 Å². The van der Waals surface area contributed by atoms with Crippen LogP contribution in [0.1, 0.15) is 38.9 Å². The maximum atomic E-state index is 5.92. The number of hydrogen-bond acceptors (Lipinski definition) is 2.